The Morgan fingerprint density at radius 2 is 1.97 bits per heavy atom. The van der Waals surface area contributed by atoms with Crippen LogP contribution in [0.1, 0.15) is 73.3 Å². The molecule has 1 heterocycles. The normalized spacial score (nSPS) is 15.7. The lowest BCUT2D eigenvalue weighted by atomic mass is 9.72. The number of hydrogen-bond donors (Lipinski definition) is 1. The van der Waals surface area contributed by atoms with Crippen LogP contribution in [-0.2, 0) is 22.4 Å². The van der Waals surface area contributed by atoms with Crippen LogP contribution in [0.3, 0.4) is 0 Å². The lowest BCUT2D eigenvalue weighted by Crippen LogP contribution is -2.26. The summed E-state index contributed by atoms with van der Waals surface area (Å²) in [5.41, 5.74) is 2.20. The average Bonchev–Trinajstić information content (AvgIpc) is 3.19. The first kappa shape index (κ1) is 26.5. The molecule has 6 nitrogen and oxygen atoms in total. The zero-order valence-electron chi connectivity index (χ0n) is 21.2. The van der Waals surface area contributed by atoms with E-state index in [2.05, 4.69) is 33.0 Å². The highest BCUT2D eigenvalue weighted by molar-refractivity contribution is 7.17. The van der Waals surface area contributed by atoms with E-state index in [0.717, 1.165) is 48.3 Å². The molecular weight excluding hydrogens is 460 g/mol. The van der Waals surface area contributed by atoms with Crippen LogP contribution < -0.4 is 10.1 Å². The van der Waals surface area contributed by atoms with Crippen molar-refractivity contribution in [3.05, 3.63) is 51.4 Å². The Hall–Kier alpha value is -3.11. The monoisotopic (exact) mass is 494 g/mol. The van der Waals surface area contributed by atoms with E-state index in [-0.39, 0.29) is 11.0 Å². The van der Waals surface area contributed by atoms with Gasteiger partial charge in [0.15, 0.2) is 0 Å². The average molecular weight is 495 g/mol. The van der Waals surface area contributed by atoms with Crippen LogP contribution in [0.2, 0.25) is 0 Å². The molecule has 0 fully saturated rings. The molecule has 0 radical (unpaired) electrons. The van der Waals surface area contributed by atoms with Gasteiger partial charge in [0, 0.05) is 4.88 Å². The highest BCUT2D eigenvalue weighted by Crippen LogP contribution is 2.44. The van der Waals surface area contributed by atoms with Gasteiger partial charge in [0.1, 0.15) is 22.4 Å². The predicted octanol–water partition coefficient (Wildman–Crippen LogP) is 6.41. The summed E-state index contributed by atoms with van der Waals surface area (Å²) in [4.78, 5) is 26.7. The highest BCUT2D eigenvalue weighted by Gasteiger charge is 2.34. The van der Waals surface area contributed by atoms with Crippen LogP contribution in [0, 0.1) is 22.7 Å². The molecule has 2 aromatic rings. The Bertz CT molecular complexity index is 1130. The van der Waals surface area contributed by atoms with Crippen LogP contribution in [-0.4, -0.2) is 25.6 Å². The molecule has 0 aliphatic heterocycles. The number of carbonyl (C=O) groups is 2. The van der Waals surface area contributed by atoms with Gasteiger partial charge in [-0.2, -0.15) is 5.26 Å². The van der Waals surface area contributed by atoms with Gasteiger partial charge in [0.05, 0.1) is 19.3 Å². The number of benzene rings is 1. The van der Waals surface area contributed by atoms with Gasteiger partial charge in [-0.15, -0.1) is 11.3 Å². The molecule has 0 spiro atoms. The van der Waals surface area contributed by atoms with E-state index in [1.807, 2.05) is 30.3 Å². The molecule has 35 heavy (non-hydrogen) atoms. The largest absolute Gasteiger partial charge is 0.494 e. The summed E-state index contributed by atoms with van der Waals surface area (Å²) in [5, 5.41) is 12.9. The number of nitriles is 1. The molecule has 1 aromatic carbocycles. The first-order valence-electron chi connectivity index (χ1n) is 12.1. The number of unbranched alkanes of at least 4 members (excludes halogenated alkanes) is 1. The van der Waals surface area contributed by atoms with Crippen LogP contribution >= 0.6 is 11.3 Å². The number of anilines is 1. The van der Waals surface area contributed by atoms with Crippen molar-refractivity contribution in [3.63, 3.8) is 0 Å². The Kier molecular flexibility index (Phi) is 8.74. The molecule has 0 saturated heterocycles. The predicted molar refractivity (Wildman–Crippen MR) is 140 cm³/mol. The molecule has 1 aromatic heterocycles. The second-order valence-corrected chi connectivity index (χ2v) is 11.0. The quantitative estimate of drug-likeness (QED) is 0.198. The molecule has 1 N–H and O–H groups in total. The van der Waals surface area contributed by atoms with Crippen LogP contribution in [0.5, 0.6) is 5.75 Å². The molecule has 1 aliphatic rings. The molecule has 0 saturated carbocycles. The van der Waals surface area contributed by atoms with Gasteiger partial charge in [-0.25, -0.2) is 4.79 Å². The highest BCUT2D eigenvalue weighted by atomic mass is 32.1. The third kappa shape index (κ3) is 6.52. The zero-order chi connectivity index (χ0) is 25.6. The lowest BCUT2D eigenvalue weighted by molar-refractivity contribution is -0.112. The number of amides is 1. The fraction of sp³-hybridized carbons (Fsp3) is 0.464. The second-order valence-electron chi connectivity index (χ2n) is 9.90. The summed E-state index contributed by atoms with van der Waals surface area (Å²) < 4.78 is 10.7. The van der Waals surface area contributed by atoms with E-state index >= 15 is 0 Å². The number of nitrogens with one attached hydrogen (secondary N) is 1. The second kappa shape index (κ2) is 11.5. The summed E-state index contributed by atoms with van der Waals surface area (Å²) >= 11 is 1.41. The minimum atomic E-state index is -0.549. The van der Waals surface area contributed by atoms with Gasteiger partial charge in [0.25, 0.3) is 5.91 Å². The standard InChI is InChI=1S/C28H34N2O4S/c1-6-7-14-34-21-11-8-18(9-12-21)15-19(17-29)25(31)30-26-24(27(32)33-5)22-13-10-20(28(2,3)4)16-23(22)35-26/h8-9,11-12,15,20H,6-7,10,13-14,16H2,1-5H3,(H,30,31). The number of nitrogens with zero attached hydrogens (tertiary/aromatic N) is 1. The fourth-order valence-corrected chi connectivity index (χ4v) is 5.52. The van der Waals surface area contributed by atoms with Crippen LogP contribution in [0.25, 0.3) is 6.08 Å². The SMILES string of the molecule is CCCCOc1ccc(C=C(C#N)C(=O)Nc2sc3c(c2C(=O)OC)CCC(C(C)(C)C)C3)cc1. The minimum absolute atomic E-state index is 0.0422. The summed E-state index contributed by atoms with van der Waals surface area (Å²) in [5.74, 6) is 0.227. The zero-order valence-corrected chi connectivity index (χ0v) is 22.0. The fourth-order valence-electron chi connectivity index (χ4n) is 4.21. The van der Waals surface area contributed by atoms with Gasteiger partial charge in [-0.05, 0) is 66.4 Å². The molecule has 1 aliphatic carbocycles. The maximum absolute atomic E-state index is 13.0. The Morgan fingerprint density at radius 3 is 2.57 bits per heavy atom. The molecule has 186 valence electrons. The number of thiophene rings is 1. The topological polar surface area (TPSA) is 88.4 Å². The van der Waals surface area contributed by atoms with Crippen molar-refractivity contribution < 1.29 is 19.1 Å². The number of carbonyl (C=O) groups excluding carboxylic acids is 2. The Balaban J connectivity index is 1.82. The van der Waals surface area contributed by atoms with Gasteiger partial charge >= 0.3 is 5.97 Å². The molecule has 0 bridgehead atoms. The summed E-state index contributed by atoms with van der Waals surface area (Å²) in [6, 6.07) is 9.24. The number of esters is 1. The Labute approximate surface area is 211 Å². The molecule has 3 rings (SSSR count). The van der Waals surface area contributed by atoms with Crippen molar-refractivity contribution in [3.8, 4) is 11.8 Å². The maximum Gasteiger partial charge on any atom is 0.341 e. The summed E-state index contributed by atoms with van der Waals surface area (Å²) in [6.07, 6.45) is 6.18. The van der Waals surface area contributed by atoms with Crippen molar-refractivity contribution in [2.45, 2.75) is 59.8 Å². The molecular formula is C28H34N2O4S. The van der Waals surface area contributed by atoms with E-state index in [1.54, 1.807) is 0 Å². The maximum atomic E-state index is 13.0. The van der Waals surface area contributed by atoms with E-state index in [1.165, 1.54) is 24.5 Å². The lowest BCUT2D eigenvalue weighted by Gasteiger charge is -2.33. The number of rotatable bonds is 8. The molecule has 1 unspecified atom stereocenters. The molecule has 1 amide bonds. The van der Waals surface area contributed by atoms with Gasteiger partial charge in [0.2, 0.25) is 0 Å². The number of methoxy groups -OCH3 is 1. The van der Waals surface area contributed by atoms with Crippen LogP contribution in [0.4, 0.5) is 5.00 Å². The van der Waals surface area contributed by atoms with Crippen molar-refractivity contribution in [2.75, 3.05) is 19.0 Å². The summed E-state index contributed by atoms with van der Waals surface area (Å²) in [7, 11) is 1.34. The summed E-state index contributed by atoms with van der Waals surface area (Å²) in [6.45, 7) is 9.45. The third-order valence-corrected chi connectivity index (χ3v) is 7.60. The third-order valence-electron chi connectivity index (χ3n) is 6.43. The first-order chi connectivity index (χ1) is 16.7. The van der Waals surface area contributed by atoms with Crippen LogP contribution in [0.15, 0.2) is 29.8 Å². The van der Waals surface area contributed by atoms with Crippen molar-refractivity contribution in [1.29, 1.82) is 5.26 Å². The van der Waals surface area contributed by atoms with Crippen molar-refractivity contribution in [1.82, 2.24) is 0 Å². The molecule has 7 heteroatoms. The molecule has 1 atom stereocenters. The van der Waals surface area contributed by atoms with E-state index in [9.17, 15) is 14.9 Å². The minimum Gasteiger partial charge on any atom is -0.494 e. The number of hydrogen-bond acceptors (Lipinski definition) is 6. The van der Waals surface area contributed by atoms with E-state index in [4.69, 9.17) is 9.47 Å². The van der Waals surface area contributed by atoms with Crippen molar-refractivity contribution >= 4 is 34.3 Å². The van der Waals surface area contributed by atoms with E-state index in [0.29, 0.717) is 28.7 Å². The van der Waals surface area contributed by atoms with Crippen molar-refractivity contribution in [2.24, 2.45) is 11.3 Å². The first-order valence-corrected chi connectivity index (χ1v) is 12.9. The Morgan fingerprint density at radius 1 is 1.26 bits per heavy atom. The smallest absolute Gasteiger partial charge is 0.341 e. The number of ether oxygens (including phenoxy) is 2. The van der Waals surface area contributed by atoms with Gasteiger partial charge in [-0.3, -0.25) is 4.79 Å². The number of fused-ring (bicyclic) bond motifs is 1. The van der Waals surface area contributed by atoms with Gasteiger partial charge in [-0.1, -0.05) is 46.2 Å². The van der Waals surface area contributed by atoms with E-state index < -0.39 is 11.9 Å². The van der Waals surface area contributed by atoms with Gasteiger partial charge < -0.3 is 14.8 Å².